The number of aryl methyl sites for hydroxylation is 2. The van der Waals surface area contributed by atoms with Crippen molar-refractivity contribution in [2.45, 2.75) is 40.2 Å². The van der Waals surface area contributed by atoms with Crippen molar-refractivity contribution in [3.63, 3.8) is 0 Å². The average Bonchev–Trinajstić information content (AvgIpc) is 3.21. The Morgan fingerprint density at radius 3 is 2.72 bits per heavy atom. The predicted octanol–water partition coefficient (Wildman–Crippen LogP) is 4.04. The molecule has 4 heterocycles. The zero-order valence-corrected chi connectivity index (χ0v) is 19.1. The largest absolute Gasteiger partial charge is 0.422 e. The lowest BCUT2D eigenvalue weighted by molar-refractivity contribution is 0.181. The van der Waals surface area contributed by atoms with Gasteiger partial charge < -0.3 is 13.7 Å². The van der Waals surface area contributed by atoms with Gasteiger partial charge in [0.05, 0.1) is 22.6 Å². The molecule has 1 atom stereocenters. The Morgan fingerprint density at radius 1 is 1.09 bits per heavy atom. The summed E-state index contributed by atoms with van der Waals surface area (Å²) in [6, 6.07) is 8.59. The summed E-state index contributed by atoms with van der Waals surface area (Å²) in [6.45, 7) is 12.4. The van der Waals surface area contributed by atoms with Gasteiger partial charge in [0.2, 0.25) is 0 Å². The van der Waals surface area contributed by atoms with Gasteiger partial charge in [-0.25, -0.2) is 9.78 Å². The number of nitrogens with zero attached hydrogens (tertiary/aromatic N) is 5. The van der Waals surface area contributed by atoms with E-state index in [0.29, 0.717) is 22.9 Å². The number of hydrogen-bond acceptors (Lipinski definition) is 6. The number of fused-ring (bicyclic) bond motifs is 2. The van der Waals surface area contributed by atoms with Gasteiger partial charge in [-0.2, -0.15) is 0 Å². The molecule has 1 aliphatic heterocycles. The minimum absolute atomic E-state index is 0.373. The molecule has 0 amide bonds. The molecule has 4 aromatic rings. The van der Waals surface area contributed by atoms with Gasteiger partial charge in [0.25, 0.3) is 0 Å². The molecule has 1 fully saturated rings. The van der Waals surface area contributed by atoms with E-state index in [1.807, 2.05) is 48.8 Å². The van der Waals surface area contributed by atoms with Crippen LogP contribution in [-0.2, 0) is 0 Å². The highest BCUT2D eigenvalue weighted by molar-refractivity contribution is 5.84. The van der Waals surface area contributed by atoms with E-state index in [2.05, 4.69) is 39.7 Å². The van der Waals surface area contributed by atoms with E-state index in [1.54, 1.807) is 0 Å². The van der Waals surface area contributed by atoms with Crippen molar-refractivity contribution in [3.8, 4) is 11.3 Å². The number of hydrogen-bond donors (Lipinski definition) is 0. The minimum atomic E-state index is -0.373. The van der Waals surface area contributed by atoms with E-state index >= 15 is 0 Å². The van der Waals surface area contributed by atoms with Crippen LogP contribution in [-0.4, -0.2) is 51.5 Å². The van der Waals surface area contributed by atoms with E-state index in [-0.39, 0.29) is 5.63 Å². The van der Waals surface area contributed by atoms with E-state index in [4.69, 9.17) is 4.42 Å². The molecule has 3 aromatic heterocycles. The standard InChI is InChI=1S/C25H29N5O2/c1-5-19-14-29(10-9-28(19)6-2)20-8-7-18-11-21(25(31)32-23(18)12-20)22-15-30-13-16(3)26-17(4)24(30)27-22/h7-8,11-13,15,19H,5-6,9-10,14H2,1-4H3/t19-/m0/s1. The normalized spacial score (nSPS) is 17.5. The molecule has 1 aliphatic rings. The van der Waals surface area contributed by atoms with Crippen LogP contribution in [0.15, 0.2) is 45.9 Å². The first-order valence-electron chi connectivity index (χ1n) is 11.4. The first kappa shape index (κ1) is 20.7. The number of piperazine rings is 1. The van der Waals surface area contributed by atoms with Crippen LogP contribution in [0.2, 0.25) is 0 Å². The van der Waals surface area contributed by atoms with E-state index in [0.717, 1.165) is 60.7 Å². The van der Waals surface area contributed by atoms with Gasteiger partial charge >= 0.3 is 5.63 Å². The monoisotopic (exact) mass is 431 g/mol. The molecule has 0 saturated carbocycles. The Balaban J connectivity index is 1.50. The number of benzene rings is 1. The third-order valence-corrected chi connectivity index (χ3v) is 6.57. The van der Waals surface area contributed by atoms with Crippen LogP contribution in [0, 0.1) is 13.8 Å². The predicted molar refractivity (Wildman–Crippen MR) is 127 cm³/mol. The summed E-state index contributed by atoms with van der Waals surface area (Å²) in [7, 11) is 0. The smallest absolute Gasteiger partial charge is 0.345 e. The Hall–Kier alpha value is -3.19. The molecule has 0 spiro atoms. The Kier molecular flexibility index (Phi) is 5.21. The van der Waals surface area contributed by atoms with Crippen LogP contribution in [0.4, 0.5) is 5.69 Å². The van der Waals surface area contributed by atoms with Crippen LogP contribution >= 0.6 is 0 Å². The summed E-state index contributed by atoms with van der Waals surface area (Å²) >= 11 is 0. The van der Waals surface area contributed by atoms with Gasteiger partial charge in [-0.05, 0) is 45.0 Å². The van der Waals surface area contributed by atoms with Gasteiger partial charge in [-0.3, -0.25) is 9.88 Å². The fourth-order valence-electron chi connectivity index (χ4n) is 4.84. The van der Waals surface area contributed by atoms with Crippen molar-refractivity contribution in [3.05, 3.63) is 58.5 Å². The summed E-state index contributed by atoms with van der Waals surface area (Å²) in [6.07, 6.45) is 4.90. The number of rotatable bonds is 4. The van der Waals surface area contributed by atoms with Crippen molar-refractivity contribution < 1.29 is 4.42 Å². The molecule has 1 saturated heterocycles. The van der Waals surface area contributed by atoms with Crippen LogP contribution in [0.1, 0.15) is 31.7 Å². The molecule has 0 bridgehead atoms. The van der Waals surface area contributed by atoms with Gasteiger partial charge in [0.15, 0.2) is 5.65 Å². The second kappa shape index (κ2) is 8.06. The molecular weight excluding hydrogens is 402 g/mol. The quantitative estimate of drug-likeness (QED) is 0.455. The van der Waals surface area contributed by atoms with Gasteiger partial charge in [0.1, 0.15) is 5.58 Å². The third-order valence-electron chi connectivity index (χ3n) is 6.57. The first-order valence-corrected chi connectivity index (χ1v) is 11.4. The van der Waals surface area contributed by atoms with Crippen molar-refractivity contribution >= 4 is 22.3 Å². The zero-order chi connectivity index (χ0) is 22.4. The maximum Gasteiger partial charge on any atom is 0.345 e. The highest BCUT2D eigenvalue weighted by atomic mass is 16.4. The SMILES string of the molecule is CC[C@H]1CN(c2ccc3cc(-c4cn5cc(C)nc(C)c5n4)c(=O)oc3c2)CCN1CC. The molecule has 7 heteroatoms. The van der Waals surface area contributed by atoms with E-state index in [9.17, 15) is 4.79 Å². The number of imidazole rings is 1. The summed E-state index contributed by atoms with van der Waals surface area (Å²) in [5.74, 6) is 0. The van der Waals surface area contributed by atoms with Crippen LogP contribution < -0.4 is 10.5 Å². The van der Waals surface area contributed by atoms with Crippen LogP contribution in [0.3, 0.4) is 0 Å². The number of aromatic nitrogens is 3. The summed E-state index contributed by atoms with van der Waals surface area (Å²) in [4.78, 5) is 26.9. The van der Waals surface area contributed by atoms with Crippen molar-refractivity contribution in [1.82, 2.24) is 19.3 Å². The van der Waals surface area contributed by atoms with E-state index in [1.165, 1.54) is 0 Å². The highest BCUT2D eigenvalue weighted by Gasteiger charge is 2.25. The molecule has 5 rings (SSSR count). The molecule has 32 heavy (non-hydrogen) atoms. The number of likely N-dealkylation sites (N-methyl/N-ethyl adjacent to an activating group) is 1. The highest BCUT2D eigenvalue weighted by Crippen LogP contribution is 2.27. The fraction of sp³-hybridized carbons (Fsp3) is 0.400. The Labute approximate surface area is 187 Å². The van der Waals surface area contributed by atoms with Crippen LogP contribution in [0.25, 0.3) is 27.9 Å². The van der Waals surface area contributed by atoms with Gasteiger partial charge in [0, 0.05) is 55.2 Å². The number of anilines is 1. The Bertz CT molecular complexity index is 1360. The lowest BCUT2D eigenvalue weighted by Crippen LogP contribution is -2.52. The second-order valence-corrected chi connectivity index (χ2v) is 8.63. The topological polar surface area (TPSA) is 66.9 Å². The lowest BCUT2D eigenvalue weighted by atomic mass is 10.1. The molecule has 1 aromatic carbocycles. The summed E-state index contributed by atoms with van der Waals surface area (Å²) < 4.78 is 7.68. The molecule has 0 aliphatic carbocycles. The van der Waals surface area contributed by atoms with Gasteiger partial charge in [-0.1, -0.05) is 13.8 Å². The maximum atomic E-state index is 12.9. The molecular formula is C25H29N5O2. The maximum absolute atomic E-state index is 12.9. The second-order valence-electron chi connectivity index (χ2n) is 8.63. The van der Waals surface area contributed by atoms with Gasteiger partial charge in [-0.15, -0.1) is 0 Å². The Morgan fingerprint density at radius 2 is 1.94 bits per heavy atom. The molecule has 0 N–H and O–H groups in total. The summed E-state index contributed by atoms with van der Waals surface area (Å²) in [5.41, 5.74) is 4.89. The van der Waals surface area contributed by atoms with E-state index < -0.39 is 0 Å². The molecule has 0 unspecified atom stereocenters. The zero-order valence-electron chi connectivity index (χ0n) is 19.1. The van der Waals surface area contributed by atoms with Crippen molar-refractivity contribution in [2.75, 3.05) is 31.1 Å². The van der Waals surface area contributed by atoms with Crippen molar-refractivity contribution in [1.29, 1.82) is 0 Å². The molecule has 7 nitrogen and oxygen atoms in total. The minimum Gasteiger partial charge on any atom is -0.422 e. The molecule has 166 valence electrons. The van der Waals surface area contributed by atoms with Crippen molar-refractivity contribution in [2.24, 2.45) is 0 Å². The summed E-state index contributed by atoms with van der Waals surface area (Å²) in [5, 5.41) is 0.894. The molecule has 0 radical (unpaired) electrons. The average molecular weight is 432 g/mol. The third kappa shape index (κ3) is 3.56. The first-order chi connectivity index (χ1) is 15.5. The fourth-order valence-corrected chi connectivity index (χ4v) is 4.84. The lowest BCUT2D eigenvalue weighted by Gasteiger charge is -2.41. The van der Waals surface area contributed by atoms with Crippen LogP contribution in [0.5, 0.6) is 0 Å².